The minimum absolute atomic E-state index is 0.483. The normalized spacial score (nSPS) is 14.7. The number of hydrogen-bond donors (Lipinski definition) is 2. The molecule has 2 aromatic heterocycles. The van der Waals surface area contributed by atoms with Gasteiger partial charge in [-0.2, -0.15) is 5.10 Å². The van der Waals surface area contributed by atoms with Gasteiger partial charge in [0.2, 0.25) is 0 Å². The van der Waals surface area contributed by atoms with Crippen LogP contribution in [0.2, 0.25) is 0 Å². The van der Waals surface area contributed by atoms with Crippen LogP contribution in [0.4, 0.5) is 5.82 Å². The lowest BCUT2D eigenvalue weighted by molar-refractivity contribution is 0.0585. The lowest BCUT2D eigenvalue weighted by atomic mass is 9.95. The molecule has 20 heavy (non-hydrogen) atoms. The zero-order chi connectivity index (χ0) is 14.8. The molecule has 110 valence electrons. The van der Waals surface area contributed by atoms with Gasteiger partial charge in [-0.1, -0.05) is 13.8 Å². The van der Waals surface area contributed by atoms with E-state index in [0.717, 1.165) is 29.9 Å². The van der Waals surface area contributed by atoms with Crippen molar-refractivity contribution in [2.45, 2.75) is 46.1 Å². The molecule has 5 heteroatoms. The molecule has 0 aromatic carbocycles. The van der Waals surface area contributed by atoms with Crippen molar-refractivity contribution in [1.29, 1.82) is 0 Å². The van der Waals surface area contributed by atoms with Gasteiger partial charge in [-0.05, 0) is 38.7 Å². The van der Waals surface area contributed by atoms with E-state index in [0.29, 0.717) is 12.5 Å². The summed E-state index contributed by atoms with van der Waals surface area (Å²) in [6, 6.07) is 1.98. The summed E-state index contributed by atoms with van der Waals surface area (Å²) in [5, 5.41) is 18.0. The number of aryl methyl sites for hydroxylation is 1. The monoisotopic (exact) mass is 276 g/mol. The van der Waals surface area contributed by atoms with Crippen molar-refractivity contribution in [3.8, 4) is 0 Å². The van der Waals surface area contributed by atoms with Crippen LogP contribution in [0.5, 0.6) is 0 Å². The topological polar surface area (TPSA) is 62.5 Å². The van der Waals surface area contributed by atoms with E-state index in [2.05, 4.69) is 29.2 Å². The second-order valence-electron chi connectivity index (χ2n) is 6.17. The molecule has 2 aromatic rings. The van der Waals surface area contributed by atoms with Gasteiger partial charge in [0.1, 0.15) is 5.52 Å². The highest BCUT2D eigenvalue weighted by Gasteiger charge is 2.21. The van der Waals surface area contributed by atoms with Gasteiger partial charge in [-0.3, -0.25) is 0 Å². The van der Waals surface area contributed by atoms with Crippen LogP contribution >= 0.6 is 0 Å². The first-order valence-electron chi connectivity index (χ1n) is 7.15. The summed E-state index contributed by atoms with van der Waals surface area (Å²) in [6.07, 6.45) is 5.33. The molecule has 0 saturated carbocycles. The van der Waals surface area contributed by atoms with E-state index < -0.39 is 5.60 Å². The highest BCUT2D eigenvalue weighted by molar-refractivity contribution is 5.67. The summed E-state index contributed by atoms with van der Waals surface area (Å²) in [4.78, 5) is 4.34. The first kappa shape index (κ1) is 14.8. The average Bonchev–Trinajstić information content (AvgIpc) is 2.75. The van der Waals surface area contributed by atoms with Crippen LogP contribution in [0.25, 0.3) is 5.52 Å². The molecular weight excluding hydrogens is 252 g/mol. The van der Waals surface area contributed by atoms with Gasteiger partial charge >= 0.3 is 0 Å². The molecule has 0 bridgehead atoms. The predicted molar refractivity (Wildman–Crippen MR) is 80.9 cm³/mol. The van der Waals surface area contributed by atoms with Crippen LogP contribution in [-0.2, 0) is 0 Å². The lowest BCUT2D eigenvalue weighted by Gasteiger charge is -2.25. The highest BCUT2D eigenvalue weighted by atomic mass is 16.3. The van der Waals surface area contributed by atoms with Crippen molar-refractivity contribution in [2.75, 3.05) is 11.9 Å². The molecule has 0 aliphatic heterocycles. The SMILES string of the molecule is Cc1cc2c(NCC(C)(O)CCC(C)C)nccn2n1. The van der Waals surface area contributed by atoms with Gasteiger partial charge in [0.25, 0.3) is 0 Å². The van der Waals surface area contributed by atoms with E-state index in [4.69, 9.17) is 0 Å². The zero-order valence-corrected chi connectivity index (χ0v) is 12.7. The summed E-state index contributed by atoms with van der Waals surface area (Å²) < 4.78 is 1.80. The third-order valence-electron chi connectivity index (χ3n) is 3.41. The van der Waals surface area contributed by atoms with E-state index in [1.807, 2.05) is 26.1 Å². The number of aromatic nitrogens is 3. The standard InChI is InChI=1S/C15H24N4O/c1-11(2)5-6-15(4,20)10-17-14-13-9-12(3)18-19(13)8-7-16-14/h7-9,11,20H,5-6,10H2,1-4H3,(H,16,17). The summed E-state index contributed by atoms with van der Waals surface area (Å²) in [5.41, 5.74) is 1.16. The Morgan fingerprint density at radius 3 is 2.90 bits per heavy atom. The maximum Gasteiger partial charge on any atom is 0.152 e. The van der Waals surface area contributed by atoms with E-state index in [9.17, 15) is 5.11 Å². The quantitative estimate of drug-likeness (QED) is 0.851. The van der Waals surface area contributed by atoms with Crippen LogP contribution in [0, 0.1) is 12.8 Å². The molecule has 2 heterocycles. The summed E-state index contributed by atoms with van der Waals surface area (Å²) in [7, 11) is 0. The first-order valence-corrected chi connectivity index (χ1v) is 7.15. The average molecular weight is 276 g/mol. The van der Waals surface area contributed by atoms with Gasteiger partial charge in [-0.15, -0.1) is 0 Å². The van der Waals surface area contributed by atoms with E-state index >= 15 is 0 Å². The summed E-state index contributed by atoms with van der Waals surface area (Å²) in [6.45, 7) is 8.64. The number of hydrogen-bond acceptors (Lipinski definition) is 4. The van der Waals surface area contributed by atoms with Crippen molar-refractivity contribution in [3.63, 3.8) is 0 Å². The fourth-order valence-corrected chi connectivity index (χ4v) is 2.14. The molecule has 0 saturated heterocycles. The van der Waals surface area contributed by atoms with Gasteiger partial charge < -0.3 is 10.4 Å². The van der Waals surface area contributed by atoms with Crippen LogP contribution in [0.1, 0.15) is 39.3 Å². The Kier molecular flexibility index (Phi) is 4.28. The third-order valence-corrected chi connectivity index (χ3v) is 3.41. The minimum Gasteiger partial charge on any atom is -0.388 e. The molecule has 0 aliphatic rings. The molecule has 0 spiro atoms. The second-order valence-corrected chi connectivity index (χ2v) is 6.17. The van der Waals surface area contributed by atoms with E-state index in [1.54, 1.807) is 10.7 Å². The Bertz CT molecular complexity index is 574. The molecule has 1 unspecified atom stereocenters. The highest BCUT2D eigenvalue weighted by Crippen LogP contribution is 2.19. The van der Waals surface area contributed by atoms with E-state index in [-0.39, 0.29) is 0 Å². The molecule has 2 rings (SSSR count). The number of aliphatic hydroxyl groups is 1. The van der Waals surface area contributed by atoms with Crippen LogP contribution in [0.15, 0.2) is 18.5 Å². The Hall–Kier alpha value is -1.62. The Labute approximate surface area is 120 Å². The fraction of sp³-hybridized carbons (Fsp3) is 0.600. The van der Waals surface area contributed by atoms with Gasteiger partial charge in [0.05, 0.1) is 11.3 Å². The largest absolute Gasteiger partial charge is 0.388 e. The third kappa shape index (κ3) is 3.70. The van der Waals surface area contributed by atoms with Crippen molar-refractivity contribution in [1.82, 2.24) is 14.6 Å². The van der Waals surface area contributed by atoms with Crippen molar-refractivity contribution in [2.24, 2.45) is 5.92 Å². The predicted octanol–water partition coefficient (Wildman–Crippen LogP) is 2.64. The fourth-order valence-electron chi connectivity index (χ4n) is 2.14. The first-order chi connectivity index (χ1) is 9.37. The van der Waals surface area contributed by atoms with Crippen LogP contribution in [-0.4, -0.2) is 31.9 Å². The Morgan fingerprint density at radius 1 is 1.45 bits per heavy atom. The molecule has 0 aliphatic carbocycles. The Morgan fingerprint density at radius 2 is 2.20 bits per heavy atom. The number of fused-ring (bicyclic) bond motifs is 1. The van der Waals surface area contributed by atoms with Crippen molar-refractivity contribution < 1.29 is 5.11 Å². The molecule has 0 radical (unpaired) electrons. The molecule has 0 fully saturated rings. The van der Waals surface area contributed by atoms with Gasteiger partial charge in [0.15, 0.2) is 5.82 Å². The molecule has 0 amide bonds. The maximum atomic E-state index is 10.4. The number of rotatable bonds is 6. The second kappa shape index (κ2) is 5.79. The molecular formula is C15H24N4O. The number of anilines is 1. The lowest BCUT2D eigenvalue weighted by Crippen LogP contribution is -2.34. The van der Waals surface area contributed by atoms with Crippen molar-refractivity contribution in [3.05, 3.63) is 24.2 Å². The number of nitrogens with one attached hydrogen (secondary N) is 1. The van der Waals surface area contributed by atoms with Crippen molar-refractivity contribution >= 4 is 11.3 Å². The van der Waals surface area contributed by atoms with E-state index in [1.165, 1.54) is 0 Å². The smallest absolute Gasteiger partial charge is 0.152 e. The van der Waals surface area contributed by atoms with Gasteiger partial charge in [0, 0.05) is 18.9 Å². The zero-order valence-electron chi connectivity index (χ0n) is 12.7. The summed E-state index contributed by atoms with van der Waals surface area (Å²) in [5.74, 6) is 1.36. The number of nitrogens with zero attached hydrogens (tertiary/aromatic N) is 3. The molecule has 1 atom stereocenters. The Balaban J connectivity index is 2.05. The minimum atomic E-state index is -0.728. The summed E-state index contributed by atoms with van der Waals surface area (Å²) >= 11 is 0. The van der Waals surface area contributed by atoms with Gasteiger partial charge in [-0.25, -0.2) is 9.50 Å². The molecule has 2 N–H and O–H groups in total. The van der Waals surface area contributed by atoms with Crippen LogP contribution < -0.4 is 5.32 Å². The van der Waals surface area contributed by atoms with Crippen LogP contribution in [0.3, 0.4) is 0 Å². The molecule has 5 nitrogen and oxygen atoms in total. The maximum absolute atomic E-state index is 10.4.